The SMILES string of the molecule is C1CCC2(C1)CC(NCC1CCN(C3CC3)C1)CCO2. The van der Waals surface area contributed by atoms with Crippen LogP contribution in [0.5, 0.6) is 0 Å². The summed E-state index contributed by atoms with van der Waals surface area (Å²) in [6.07, 6.45) is 12.2. The molecule has 2 unspecified atom stereocenters. The zero-order valence-corrected chi connectivity index (χ0v) is 12.8. The first kappa shape index (κ1) is 13.5. The summed E-state index contributed by atoms with van der Waals surface area (Å²) in [5.41, 5.74) is 0.269. The van der Waals surface area contributed by atoms with E-state index in [2.05, 4.69) is 10.2 Å². The lowest BCUT2D eigenvalue weighted by molar-refractivity contribution is -0.0838. The first-order chi connectivity index (χ1) is 9.83. The molecule has 0 amide bonds. The smallest absolute Gasteiger partial charge is 0.0697 e. The fourth-order valence-corrected chi connectivity index (χ4v) is 4.70. The van der Waals surface area contributed by atoms with Gasteiger partial charge in [0.05, 0.1) is 5.60 Å². The van der Waals surface area contributed by atoms with Crippen LogP contribution in [0.3, 0.4) is 0 Å². The maximum absolute atomic E-state index is 6.14. The van der Waals surface area contributed by atoms with E-state index < -0.39 is 0 Å². The molecule has 4 aliphatic rings. The Morgan fingerprint density at radius 3 is 2.75 bits per heavy atom. The van der Waals surface area contributed by atoms with Gasteiger partial charge in [-0.25, -0.2) is 0 Å². The number of hydrogen-bond donors (Lipinski definition) is 1. The van der Waals surface area contributed by atoms with E-state index in [4.69, 9.17) is 4.74 Å². The quantitative estimate of drug-likeness (QED) is 0.855. The van der Waals surface area contributed by atoms with Gasteiger partial charge in [0.15, 0.2) is 0 Å². The van der Waals surface area contributed by atoms with Crippen molar-refractivity contribution in [1.82, 2.24) is 10.2 Å². The molecule has 4 fully saturated rings. The summed E-state index contributed by atoms with van der Waals surface area (Å²) in [6, 6.07) is 1.68. The molecule has 2 saturated heterocycles. The van der Waals surface area contributed by atoms with Crippen LogP contribution in [-0.4, -0.2) is 48.8 Å². The highest BCUT2D eigenvalue weighted by Crippen LogP contribution is 2.40. The fraction of sp³-hybridized carbons (Fsp3) is 1.00. The van der Waals surface area contributed by atoms with Crippen molar-refractivity contribution in [3.63, 3.8) is 0 Å². The Labute approximate surface area is 123 Å². The molecule has 2 atom stereocenters. The lowest BCUT2D eigenvalue weighted by Gasteiger charge is -2.39. The van der Waals surface area contributed by atoms with Gasteiger partial charge in [0.2, 0.25) is 0 Å². The molecule has 20 heavy (non-hydrogen) atoms. The minimum atomic E-state index is 0.269. The van der Waals surface area contributed by atoms with Crippen molar-refractivity contribution in [2.24, 2.45) is 5.92 Å². The summed E-state index contributed by atoms with van der Waals surface area (Å²) in [7, 11) is 0. The first-order valence-corrected chi connectivity index (χ1v) is 8.94. The third kappa shape index (κ3) is 2.90. The van der Waals surface area contributed by atoms with E-state index in [1.807, 2.05) is 0 Å². The monoisotopic (exact) mass is 278 g/mol. The van der Waals surface area contributed by atoms with Gasteiger partial charge in [-0.1, -0.05) is 12.8 Å². The zero-order chi connectivity index (χ0) is 13.4. The van der Waals surface area contributed by atoms with E-state index in [-0.39, 0.29) is 5.60 Å². The highest BCUT2D eigenvalue weighted by atomic mass is 16.5. The second-order valence-electron chi connectivity index (χ2n) is 7.72. The molecule has 0 aromatic rings. The second-order valence-corrected chi connectivity index (χ2v) is 7.72. The van der Waals surface area contributed by atoms with Crippen LogP contribution >= 0.6 is 0 Å². The van der Waals surface area contributed by atoms with Gasteiger partial charge in [-0.2, -0.15) is 0 Å². The fourth-order valence-electron chi connectivity index (χ4n) is 4.70. The molecule has 1 N–H and O–H groups in total. The minimum Gasteiger partial charge on any atom is -0.375 e. The normalized spacial score (nSPS) is 37.8. The number of ether oxygens (including phenoxy) is 1. The molecule has 0 aromatic carbocycles. The van der Waals surface area contributed by atoms with Gasteiger partial charge < -0.3 is 15.0 Å². The average Bonchev–Trinajstić information content (AvgIpc) is 3.05. The lowest BCUT2D eigenvalue weighted by atomic mass is 9.88. The van der Waals surface area contributed by atoms with E-state index in [1.165, 1.54) is 77.4 Å². The largest absolute Gasteiger partial charge is 0.375 e. The molecule has 0 aromatic heterocycles. The molecule has 0 bridgehead atoms. The van der Waals surface area contributed by atoms with Crippen LogP contribution in [0.15, 0.2) is 0 Å². The van der Waals surface area contributed by atoms with Crippen LogP contribution in [-0.2, 0) is 4.74 Å². The molecule has 2 aliphatic carbocycles. The van der Waals surface area contributed by atoms with Crippen molar-refractivity contribution >= 4 is 0 Å². The maximum atomic E-state index is 6.14. The molecule has 4 rings (SSSR count). The summed E-state index contributed by atoms with van der Waals surface area (Å²) < 4.78 is 6.14. The Morgan fingerprint density at radius 1 is 1.10 bits per heavy atom. The van der Waals surface area contributed by atoms with Crippen molar-refractivity contribution in [2.45, 2.75) is 75.5 Å². The summed E-state index contributed by atoms with van der Waals surface area (Å²) in [5.74, 6) is 0.901. The van der Waals surface area contributed by atoms with E-state index in [9.17, 15) is 0 Å². The number of hydrogen-bond acceptors (Lipinski definition) is 3. The van der Waals surface area contributed by atoms with E-state index in [1.54, 1.807) is 0 Å². The van der Waals surface area contributed by atoms with Crippen molar-refractivity contribution in [3.8, 4) is 0 Å². The number of rotatable bonds is 4. The molecule has 2 heterocycles. The van der Waals surface area contributed by atoms with Gasteiger partial charge in [0.25, 0.3) is 0 Å². The Bertz CT molecular complexity index is 336. The summed E-state index contributed by atoms with van der Waals surface area (Å²) >= 11 is 0. The predicted molar refractivity (Wildman–Crippen MR) is 80.9 cm³/mol. The Kier molecular flexibility index (Phi) is 3.78. The predicted octanol–water partition coefficient (Wildman–Crippen LogP) is 2.55. The van der Waals surface area contributed by atoms with Crippen molar-refractivity contribution in [3.05, 3.63) is 0 Å². The van der Waals surface area contributed by atoms with E-state index in [0.29, 0.717) is 0 Å². The molecule has 114 valence electrons. The molecular weight excluding hydrogens is 248 g/mol. The zero-order valence-electron chi connectivity index (χ0n) is 12.8. The topological polar surface area (TPSA) is 24.5 Å². The summed E-state index contributed by atoms with van der Waals surface area (Å²) in [4.78, 5) is 2.73. The Hall–Kier alpha value is -0.120. The van der Waals surface area contributed by atoms with Crippen LogP contribution in [0.2, 0.25) is 0 Å². The molecule has 2 saturated carbocycles. The number of nitrogens with zero attached hydrogens (tertiary/aromatic N) is 1. The van der Waals surface area contributed by atoms with Gasteiger partial charge in [0.1, 0.15) is 0 Å². The average molecular weight is 278 g/mol. The molecule has 0 radical (unpaired) electrons. The van der Waals surface area contributed by atoms with Gasteiger partial charge in [-0.15, -0.1) is 0 Å². The summed E-state index contributed by atoms with van der Waals surface area (Å²) in [6.45, 7) is 4.93. The van der Waals surface area contributed by atoms with E-state index >= 15 is 0 Å². The summed E-state index contributed by atoms with van der Waals surface area (Å²) in [5, 5.41) is 3.89. The first-order valence-electron chi connectivity index (χ1n) is 8.94. The van der Waals surface area contributed by atoms with Crippen LogP contribution in [0.1, 0.15) is 57.8 Å². The van der Waals surface area contributed by atoms with Gasteiger partial charge in [-0.05, 0) is 64.0 Å². The van der Waals surface area contributed by atoms with Crippen LogP contribution < -0.4 is 5.32 Å². The highest BCUT2D eigenvalue weighted by Gasteiger charge is 2.40. The lowest BCUT2D eigenvalue weighted by Crippen LogP contribution is -2.46. The number of likely N-dealkylation sites (tertiary alicyclic amines) is 1. The van der Waals surface area contributed by atoms with E-state index in [0.717, 1.165) is 24.6 Å². The van der Waals surface area contributed by atoms with Crippen LogP contribution in [0.4, 0.5) is 0 Å². The third-order valence-corrected chi connectivity index (χ3v) is 6.08. The molecule has 3 nitrogen and oxygen atoms in total. The van der Waals surface area contributed by atoms with Crippen LogP contribution in [0.25, 0.3) is 0 Å². The van der Waals surface area contributed by atoms with Gasteiger partial charge >= 0.3 is 0 Å². The maximum Gasteiger partial charge on any atom is 0.0697 e. The van der Waals surface area contributed by atoms with Crippen LogP contribution in [0, 0.1) is 5.92 Å². The molecule has 3 heteroatoms. The highest BCUT2D eigenvalue weighted by molar-refractivity contribution is 4.94. The van der Waals surface area contributed by atoms with Crippen molar-refractivity contribution < 1.29 is 4.74 Å². The minimum absolute atomic E-state index is 0.269. The van der Waals surface area contributed by atoms with Crippen molar-refractivity contribution in [2.75, 3.05) is 26.2 Å². The van der Waals surface area contributed by atoms with Crippen molar-refractivity contribution in [1.29, 1.82) is 0 Å². The standard InChI is InChI=1S/C17H30N2O/c1-2-8-17(7-1)11-15(6-10-20-17)18-12-14-5-9-19(13-14)16-3-4-16/h14-16,18H,1-13H2. The molecular formula is C17H30N2O. The molecule has 2 aliphatic heterocycles. The third-order valence-electron chi connectivity index (χ3n) is 6.08. The Balaban J connectivity index is 1.23. The van der Waals surface area contributed by atoms with Gasteiger partial charge in [-0.3, -0.25) is 0 Å². The Morgan fingerprint density at radius 2 is 1.95 bits per heavy atom. The molecule has 1 spiro atoms. The second kappa shape index (κ2) is 5.58. The number of nitrogens with one attached hydrogen (secondary N) is 1. The van der Waals surface area contributed by atoms with Gasteiger partial charge in [0, 0.05) is 25.2 Å².